The fraction of sp³-hybridized carbons (Fsp3) is 0.250. The van der Waals surface area contributed by atoms with Gasteiger partial charge in [0.15, 0.2) is 0 Å². The molecule has 0 aliphatic heterocycles. The fourth-order valence-corrected chi connectivity index (χ4v) is 1.97. The van der Waals surface area contributed by atoms with Gasteiger partial charge in [-0.3, -0.25) is 0 Å². The van der Waals surface area contributed by atoms with E-state index in [0.29, 0.717) is 10.6 Å². The zero-order chi connectivity index (χ0) is 9.90. The molecule has 0 atom stereocenters. The molecule has 0 saturated heterocycles. The average molecular weight is 274 g/mol. The Morgan fingerprint density at radius 2 is 1.69 bits per heavy atom. The SMILES string of the molecule is FC(F)(F)[Se]Cc1ccc(Cl)cc1. The Bertz CT molecular complexity index is 268. The second-order valence-electron chi connectivity index (χ2n) is 2.36. The van der Waals surface area contributed by atoms with Crippen molar-refractivity contribution in [3.8, 4) is 0 Å². The van der Waals surface area contributed by atoms with Crippen LogP contribution in [0.15, 0.2) is 24.3 Å². The normalized spacial score (nSPS) is 11.7. The molecule has 5 heteroatoms. The third-order valence-electron chi connectivity index (χ3n) is 1.32. The molecule has 0 aliphatic rings. The van der Waals surface area contributed by atoms with Crippen molar-refractivity contribution in [1.82, 2.24) is 0 Å². The van der Waals surface area contributed by atoms with Crippen molar-refractivity contribution in [2.45, 2.75) is 10.4 Å². The molecule has 1 aromatic rings. The summed E-state index contributed by atoms with van der Waals surface area (Å²) in [6, 6.07) is 6.44. The van der Waals surface area contributed by atoms with Gasteiger partial charge in [0.2, 0.25) is 0 Å². The maximum absolute atomic E-state index is 11.8. The van der Waals surface area contributed by atoms with Crippen LogP contribution in [0.3, 0.4) is 0 Å². The topological polar surface area (TPSA) is 0 Å². The molecule has 1 aromatic carbocycles. The first kappa shape index (κ1) is 10.9. The molecule has 0 bridgehead atoms. The van der Waals surface area contributed by atoms with Gasteiger partial charge in [-0.2, -0.15) is 0 Å². The third-order valence-corrected chi connectivity index (χ3v) is 3.26. The van der Waals surface area contributed by atoms with Gasteiger partial charge in [-0.05, 0) is 0 Å². The standard InChI is InChI=1S/C8H6ClF3Se/c9-7-3-1-6(2-4-7)5-13-8(10,11)12/h1-4H,5H2. The number of halogens is 4. The van der Waals surface area contributed by atoms with Crippen molar-refractivity contribution in [1.29, 1.82) is 0 Å². The van der Waals surface area contributed by atoms with E-state index in [2.05, 4.69) is 0 Å². The minimum absolute atomic E-state index is 0.0771. The van der Waals surface area contributed by atoms with Gasteiger partial charge in [0, 0.05) is 0 Å². The van der Waals surface area contributed by atoms with Crippen LogP contribution < -0.4 is 0 Å². The summed E-state index contributed by atoms with van der Waals surface area (Å²) in [6.45, 7) is 0. The van der Waals surface area contributed by atoms with E-state index in [9.17, 15) is 13.2 Å². The van der Waals surface area contributed by atoms with Crippen LogP contribution in [0.25, 0.3) is 0 Å². The Balaban J connectivity index is 2.51. The molecule has 0 fully saturated rings. The van der Waals surface area contributed by atoms with E-state index in [1.54, 1.807) is 24.3 Å². The quantitative estimate of drug-likeness (QED) is 0.727. The van der Waals surface area contributed by atoms with Gasteiger partial charge in [-0.1, -0.05) is 0 Å². The van der Waals surface area contributed by atoms with Crippen LogP contribution in [0.1, 0.15) is 5.56 Å². The van der Waals surface area contributed by atoms with E-state index >= 15 is 0 Å². The van der Waals surface area contributed by atoms with E-state index < -0.39 is 20.0 Å². The Labute approximate surface area is 85.2 Å². The van der Waals surface area contributed by atoms with Crippen molar-refractivity contribution < 1.29 is 13.2 Å². The Morgan fingerprint density at radius 1 is 1.15 bits per heavy atom. The molecule has 72 valence electrons. The van der Waals surface area contributed by atoms with Crippen molar-refractivity contribution in [2.75, 3.05) is 0 Å². The molecule has 0 amide bonds. The van der Waals surface area contributed by atoms with E-state index in [1.807, 2.05) is 0 Å². The second kappa shape index (κ2) is 4.36. The average Bonchev–Trinajstić information content (AvgIpc) is 2.02. The molecule has 0 radical (unpaired) electrons. The molecule has 0 aliphatic carbocycles. The Kier molecular flexibility index (Phi) is 3.65. The van der Waals surface area contributed by atoms with Crippen molar-refractivity contribution in [3.63, 3.8) is 0 Å². The minimum atomic E-state index is -4.02. The summed E-state index contributed by atoms with van der Waals surface area (Å²) < 4.78 is 35.5. The third kappa shape index (κ3) is 4.55. The summed E-state index contributed by atoms with van der Waals surface area (Å²) in [5, 5.41) is -3.40. The van der Waals surface area contributed by atoms with Crippen molar-refractivity contribution in [2.24, 2.45) is 0 Å². The summed E-state index contributed by atoms with van der Waals surface area (Å²) in [4.78, 5) is 0. The molecule has 13 heavy (non-hydrogen) atoms. The van der Waals surface area contributed by atoms with Gasteiger partial charge < -0.3 is 0 Å². The zero-order valence-corrected chi connectivity index (χ0v) is 8.91. The van der Waals surface area contributed by atoms with Crippen LogP contribution in [0, 0.1) is 0 Å². The Morgan fingerprint density at radius 3 is 2.15 bits per heavy atom. The zero-order valence-electron chi connectivity index (χ0n) is 6.44. The molecule has 0 saturated carbocycles. The summed E-state index contributed by atoms with van der Waals surface area (Å²) in [5.74, 6) is 0. The van der Waals surface area contributed by atoms with Crippen molar-refractivity contribution >= 4 is 26.6 Å². The predicted molar refractivity (Wildman–Crippen MR) is 47.0 cm³/mol. The van der Waals surface area contributed by atoms with Crippen LogP contribution in [0.2, 0.25) is 5.02 Å². The summed E-state index contributed by atoms with van der Waals surface area (Å²) in [6.07, 6.45) is 0. The van der Waals surface area contributed by atoms with Crippen LogP contribution in [0.5, 0.6) is 0 Å². The molecule has 0 spiro atoms. The first-order chi connectivity index (χ1) is 5.97. The van der Waals surface area contributed by atoms with E-state index in [4.69, 9.17) is 11.6 Å². The molecule has 0 N–H and O–H groups in total. The molecular formula is C8H6ClF3Se. The number of alkyl halides is 3. The summed E-state index contributed by atoms with van der Waals surface area (Å²) in [5.41, 5.74) is 0.682. The van der Waals surface area contributed by atoms with Crippen LogP contribution in [-0.2, 0) is 5.32 Å². The molecule has 0 aromatic heterocycles. The van der Waals surface area contributed by atoms with E-state index in [1.165, 1.54) is 0 Å². The van der Waals surface area contributed by atoms with Crippen LogP contribution in [-0.4, -0.2) is 20.0 Å². The molecule has 0 heterocycles. The Hall–Kier alpha value is -0.181. The number of rotatable bonds is 2. The number of hydrogen-bond acceptors (Lipinski definition) is 0. The summed E-state index contributed by atoms with van der Waals surface area (Å²) in [7, 11) is 0. The van der Waals surface area contributed by atoms with Crippen molar-refractivity contribution in [3.05, 3.63) is 34.9 Å². The first-order valence-electron chi connectivity index (χ1n) is 3.42. The molecular weight excluding hydrogens is 267 g/mol. The molecule has 0 nitrogen and oxygen atoms in total. The second-order valence-corrected chi connectivity index (χ2v) is 4.98. The van der Waals surface area contributed by atoms with Crippen LogP contribution >= 0.6 is 11.6 Å². The van der Waals surface area contributed by atoms with Gasteiger partial charge in [0.25, 0.3) is 0 Å². The number of hydrogen-bond donors (Lipinski definition) is 0. The summed E-state index contributed by atoms with van der Waals surface area (Å²) >= 11 is 4.25. The fourth-order valence-electron chi connectivity index (χ4n) is 0.746. The van der Waals surface area contributed by atoms with Gasteiger partial charge in [0.05, 0.1) is 0 Å². The number of benzene rings is 1. The first-order valence-corrected chi connectivity index (χ1v) is 5.87. The van der Waals surface area contributed by atoms with Crippen LogP contribution in [0.4, 0.5) is 13.2 Å². The maximum atomic E-state index is 11.8. The molecule has 0 unspecified atom stereocenters. The van der Waals surface area contributed by atoms with Gasteiger partial charge in [-0.15, -0.1) is 0 Å². The molecule has 1 rings (SSSR count). The van der Waals surface area contributed by atoms with Gasteiger partial charge in [0.1, 0.15) is 0 Å². The van der Waals surface area contributed by atoms with Gasteiger partial charge in [-0.25, -0.2) is 0 Å². The monoisotopic (exact) mass is 274 g/mol. The van der Waals surface area contributed by atoms with E-state index in [0.717, 1.165) is 0 Å². The van der Waals surface area contributed by atoms with E-state index in [-0.39, 0.29) is 5.32 Å². The predicted octanol–water partition coefficient (Wildman–Crippen LogP) is 3.06. The van der Waals surface area contributed by atoms with Gasteiger partial charge >= 0.3 is 85.0 Å².